The molecule has 0 spiro atoms. The number of aryl methyl sites for hydroxylation is 1. The van der Waals surface area contributed by atoms with Gasteiger partial charge in [0.1, 0.15) is 0 Å². The summed E-state index contributed by atoms with van der Waals surface area (Å²) in [6, 6.07) is 28.3. The van der Waals surface area contributed by atoms with Gasteiger partial charge in [-0.1, -0.05) is 84.1 Å². The molecule has 0 fully saturated rings. The van der Waals surface area contributed by atoms with Crippen molar-refractivity contribution in [1.29, 1.82) is 0 Å². The Labute approximate surface area is 164 Å². The number of hydrogen-bond acceptors (Lipinski definition) is 3. The van der Waals surface area contributed by atoms with Gasteiger partial charge < -0.3 is 5.32 Å². The quantitative estimate of drug-likeness (QED) is 0.528. The Bertz CT molecular complexity index is 980. The molecule has 0 radical (unpaired) electrons. The fourth-order valence-electron chi connectivity index (χ4n) is 3.30. The van der Waals surface area contributed by atoms with Crippen LogP contribution in [0.25, 0.3) is 0 Å². The number of ketones is 1. The summed E-state index contributed by atoms with van der Waals surface area (Å²) in [4.78, 5) is 13.3. The fraction of sp³-hybridized carbons (Fsp3) is 0.125. The molecule has 0 amide bonds. The van der Waals surface area contributed by atoms with E-state index in [1.807, 2.05) is 67.6 Å². The van der Waals surface area contributed by atoms with Crippen LogP contribution in [0.5, 0.6) is 0 Å². The Morgan fingerprint density at radius 2 is 1.63 bits per heavy atom. The van der Waals surface area contributed by atoms with Gasteiger partial charge in [-0.15, -0.1) is 0 Å². The van der Waals surface area contributed by atoms with Crippen LogP contribution < -0.4 is 5.32 Å². The van der Waals surface area contributed by atoms with Gasteiger partial charge in [0.25, 0.3) is 0 Å². The molecule has 27 heavy (non-hydrogen) atoms. The minimum Gasteiger partial charge on any atom is -0.350 e. The molecule has 4 rings (SSSR count). The summed E-state index contributed by atoms with van der Waals surface area (Å²) in [5.41, 5.74) is 4.98. The fourth-order valence-corrected chi connectivity index (χ4v) is 4.62. The molecule has 134 valence electrons. The van der Waals surface area contributed by atoms with Crippen LogP contribution in [0.15, 0.2) is 95.5 Å². The maximum absolute atomic E-state index is 13.3. The summed E-state index contributed by atoms with van der Waals surface area (Å²) in [5, 5.41) is 4.69. The molecular formula is C24H21NOS. The smallest absolute Gasteiger partial charge is 0.191 e. The predicted octanol–water partition coefficient (Wildman–Crippen LogP) is 6.38. The molecule has 1 aliphatic rings. The number of carbonyl (C=O) groups excluding carboxylic acids is 1. The molecule has 1 atom stereocenters. The molecule has 0 saturated heterocycles. The molecule has 3 aromatic rings. The largest absolute Gasteiger partial charge is 0.350 e. The van der Waals surface area contributed by atoms with Crippen LogP contribution in [0.2, 0.25) is 0 Å². The van der Waals surface area contributed by atoms with Gasteiger partial charge in [-0.2, -0.15) is 0 Å². The van der Waals surface area contributed by atoms with E-state index in [4.69, 9.17) is 0 Å². The van der Waals surface area contributed by atoms with Crippen molar-refractivity contribution in [2.75, 3.05) is 5.32 Å². The Balaban J connectivity index is 1.68. The minimum absolute atomic E-state index is 0.114. The van der Waals surface area contributed by atoms with E-state index in [0.717, 1.165) is 33.8 Å². The zero-order valence-electron chi connectivity index (χ0n) is 15.2. The van der Waals surface area contributed by atoms with Crippen molar-refractivity contribution in [3.63, 3.8) is 0 Å². The molecule has 0 aromatic heterocycles. The van der Waals surface area contributed by atoms with Crippen molar-refractivity contribution in [2.45, 2.75) is 18.6 Å². The first-order valence-electron chi connectivity index (χ1n) is 9.09. The molecule has 0 aliphatic carbocycles. The lowest BCUT2D eigenvalue weighted by molar-refractivity contribution is 0.103. The molecular weight excluding hydrogens is 350 g/mol. The maximum Gasteiger partial charge on any atom is 0.191 e. The van der Waals surface area contributed by atoms with Gasteiger partial charge >= 0.3 is 0 Å². The predicted molar refractivity (Wildman–Crippen MR) is 114 cm³/mol. The van der Waals surface area contributed by atoms with Gasteiger partial charge in [0, 0.05) is 22.1 Å². The van der Waals surface area contributed by atoms with E-state index in [2.05, 4.69) is 29.6 Å². The minimum atomic E-state index is 0.114. The monoisotopic (exact) mass is 371 g/mol. The number of para-hydroxylation sites is 1. The molecule has 1 heterocycles. The highest BCUT2D eigenvalue weighted by Crippen LogP contribution is 2.48. The van der Waals surface area contributed by atoms with Crippen LogP contribution in [0, 0.1) is 6.92 Å². The van der Waals surface area contributed by atoms with Crippen LogP contribution in [-0.4, -0.2) is 5.78 Å². The number of hydrogen-bond donors (Lipinski definition) is 1. The summed E-state index contributed by atoms with van der Waals surface area (Å²) in [6.07, 6.45) is 0.733. The molecule has 3 aromatic carbocycles. The maximum atomic E-state index is 13.3. The van der Waals surface area contributed by atoms with Gasteiger partial charge in [-0.05, 0) is 37.1 Å². The molecule has 1 N–H and O–H groups in total. The summed E-state index contributed by atoms with van der Waals surface area (Å²) in [7, 11) is 0. The lowest BCUT2D eigenvalue weighted by Crippen LogP contribution is -2.07. The van der Waals surface area contributed by atoms with Gasteiger partial charge in [-0.3, -0.25) is 4.79 Å². The van der Waals surface area contributed by atoms with Crippen LogP contribution in [0.4, 0.5) is 5.69 Å². The number of allylic oxidation sites excluding steroid dienone is 1. The van der Waals surface area contributed by atoms with Crippen molar-refractivity contribution in [1.82, 2.24) is 0 Å². The van der Waals surface area contributed by atoms with E-state index in [0.29, 0.717) is 0 Å². The molecule has 1 aliphatic heterocycles. The number of rotatable bonds is 5. The van der Waals surface area contributed by atoms with Crippen molar-refractivity contribution < 1.29 is 4.79 Å². The normalized spacial score (nSPS) is 16.4. The third-order valence-electron chi connectivity index (χ3n) is 4.68. The highest BCUT2D eigenvalue weighted by Gasteiger charge is 2.31. The second kappa shape index (κ2) is 7.85. The first-order valence-corrected chi connectivity index (χ1v) is 9.97. The summed E-state index contributed by atoms with van der Waals surface area (Å²) < 4.78 is 0. The second-order valence-electron chi connectivity index (χ2n) is 6.72. The molecule has 2 nitrogen and oxygen atoms in total. The Hall–Kier alpha value is -2.78. The zero-order valence-corrected chi connectivity index (χ0v) is 16.0. The topological polar surface area (TPSA) is 29.1 Å². The van der Waals surface area contributed by atoms with Crippen molar-refractivity contribution in [3.05, 3.63) is 112 Å². The van der Waals surface area contributed by atoms with Crippen LogP contribution in [-0.2, 0) is 0 Å². The summed E-state index contributed by atoms with van der Waals surface area (Å²) >= 11 is 1.74. The summed E-state index contributed by atoms with van der Waals surface area (Å²) in [5.74, 6) is 0.114. The van der Waals surface area contributed by atoms with Crippen molar-refractivity contribution >= 4 is 23.2 Å². The van der Waals surface area contributed by atoms with Gasteiger partial charge in [0.05, 0.1) is 5.03 Å². The van der Waals surface area contributed by atoms with Gasteiger partial charge in [0.15, 0.2) is 5.78 Å². The number of thioether (sulfide) groups is 1. The third-order valence-corrected chi connectivity index (χ3v) is 5.99. The van der Waals surface area contributed by atoms with E-state index in [1.54, 1.807) is 11.8 Å². The number of nitrogens with one attached hydrogen (secondary N) is 1. The average molecular weight is 372 g/mol. The lowest BCUT2D eigenvalue weighted by atomic mass is 9.97. The third kappa shape index (κ3) is 3.99. The Kier molecular flexibility index (Phi) is 5.12. The lowest BCUT2D eigenvalue weighted by Gasteiger charge is -2.11. The SMILES string of the molecule is Cc1cccc(C(=O)C2=C(Nc3ccccc3)SC(c3ccccc3)C2)c1. The highest BCUT2D eigenvalue weighted by molar-refractivity contribution is 8.03. The van der Waals surface area contributed by atoms with Gasteiger partial charge in [-0.25, -0.2) is 0 Å². The van der Waals surface area contributed by atoms with Crippen LogP contribution in [0.3, 0.4) is 0 Å². The van der Waals surface area contributed by atoms with Gasteiger partial charge in [0.2, 0.25) is 0 Å². The standard InChI is InChI=1S/C24H21NOS/c1-17-9-8-12-19(15-17)23(26)21-16-22(18-10-4-2-5-11-18)27-24(21)25-20-13-6-3-7-14-20/h2-15,22,25H,16H2,1H3. The van der Waals surface area contributed by atoms with E-state index in [1.165, 1.54) is 5.56 Å². The summed E-state index contributed by atoms with van der Waals surface area (Å²) in [6.45, 7) is 2.02. The number of carbonyl (C=O) groups is 1. The molecule has 3 heteroatoms. The molecule has 0 bridgehead atoms. The van der Waals surface area contributed by atoms with E-state index in [-0.39, 0.29) is 11.0 Å². The molecule has 1 unspecified atom stereocenters. The van der Waals surface area contributed by atoms with Crippen molar-refractivity contribution in [2.24, 2.45) is 0 Å². The van der Waals surface area contributed by atoms with Crippen molar-refractivity contribution in [3.8, 4) is 0 Å². The average Bonchev–Trinajstić information content (AvgIpc) is 3.12. The first kappa shape index (κ1) is 17.6. The van der Waals surface area contributed by atoms with E-state index >= 15 is 0 Å². The number of anilines is 1. The van der Waals surface area contributed by atoms with Crippen LogP contribution >= 0.6 is 11.8 Å². The Morgan fingerprint density at radius 1 is 0.926 bits per heavy atom. The molecule has 0 saturated carbocycles. The first-order chi connectivity index (χ1) is 13.2. The second-order valence-corrected chi connectivity index (χ2v) is 7.93. The zero-order chi connectivity index (χ0) is 18.6. The van der Waals surface area contributed by atoms with Crippen LogP contribution in [0.1, 0.15) is 33.2 Å². The van der Waals surface area contributed by atoms with E-state index in [9.17, 15) is 4.79 Å². The number of Topliss-reactive ketones (excluding diaryl/α,β-unsaturated/α-hetero) is 1. The van der Waals surface area contributed by atoms with E-state index < -0.39 is 0 Å². The number of benzene rings is 3. The Morgan fingerprint density at radius 3 is 2.33 bits per heavy atom. The highest BCUT2D eigenvalue weighted by atomic mass is 32.2.